The van der Waals surface area contributed by atoms with Crippen molar-refractivity contribution in [1.82, 2.24) is 0 Å². The Balaban J connectivity index is 1.51. The van der Waals surface area contributed by atoms with E-state index in [0.717, 1.165) is 4.88 Å². The number of carbonyl (C=O) groups excluding carboxylic acids is 2. The van der Waals surface area contributed by atoms with Crippen LogP contribution in [0.15, 0.2) is 60.0 Å². The molecule has 0 spiro atoms. The van der Waals surface area contributed by atoms with E-state index in [0.29, 0.717) is 30.4 Å². The number of hydrogen-bond acceptors (Lipinski definition) is 7. The maximum atomic E-state index is 13.1. The zero-order chi connectivity index (χ0) is 23.2. The molecule has 4 rings (SSSR count). The van der Waals surface area contributed by atoms with Crippen molar-refractivity contribution in [2.75, 3.05) is 24.7 Å². The van der Waals surface area contributed by atoms with Crippen LogP contribution in [0, 0.1) is 0 Å². The summed E-state index contributed by atoms with van der Waals surface area (Å²) in [6.45, 7) is -2.61. The summed E-state index contributed by atoms with van der Waals surface area (Å²) in [4.78, 5) is 27.9. The highest BCUT2D eigenvalue weighted by Crippen LogP contribution is 2.35. The molecule has 0 N–H and O–H groups in total. The van der Waals surface area contributed by atoms with Crippen LogP contribution >= 0.6 is 11.3 Å². The predicted octanol–water partition coefficient (Wildman–Crippen LogP) is 4.51. The standard InChI is InChI=1S/C23H19F2NO6S/c24-23(25)32-18-6-2-1-5-17(18)22(28)31-14-21(27)26(13-16-4-3-11-33-16)15-7-8-19-20(12-15)30-10-9-29-19/h1-8,11-12,23H,9-10,13-14H2. The highest BCUT2D eigenvalue weighted by atomic mass is 32.1. The minimum Gasteiger partial charge on any atom is -0.486 e. The van der Waals surface area contributed by atoms with Gasteiger partial charge in [0.15, 0.2) is 18.1 Å². The fourth-order valence-corrected chi connectivity index (χ4v) is 3.89. The van der Waals surface area contributed by atoms with Crippen molar-refractivity contribution in [3.63, 3.8) is 0 Å². The molecule has 1 amide bonds. The molecule has 2 heterocycles. The smallest absolute Gasteiger partial charge is 0.387 e. The van der Waals surface area contributed by atoms with Crippen molar-refractivity contribution in [3.05, 3.63) is 70.4 Å². The molecule has 0 saturated carbocycles. The van der Waals surface area contributed by atoms with Gasteiger partial charge in [-0.05, 0) is 35.7 Å². The zero-order valence-corrected chi connectivity index (χ0v) is 18.1. The van der Waals surface area contributed by atoms with E-state index in [-0.39, 0.29) is 17.9 Å². The van der Waals surface area contributed by atoms with Gasteiger partial charge < -0.3 is 23.8 Å². The lowest BCUT2D eigenvalue weighted by Gasteiger charge is -2.25. The van der Waals surface area contributed by atoms with Crippen molar-refractivity contribution in [2.24, 2.45) is 0 Å². The lowest BCUT2D eigenvalue weighted by atomic mass is 10.2. The second-order valence-electron chi connectivity index (χ2n) is 6.84. The molecule has 0 radical (unpaired) electrons. The molecular weight excluding hydrogens is 456 g/mol. The average Bonchev–Trinajstić information content (AvgIpc) is 3.34. The SMILES string of the molecule is O=C(OCC(=O)N(Cc1cccs1)c1ccc2c(c1)OCCO2)c1ccccc1OC(F)F. The number of esters is 1. The Labute approximate surface area is 192 Å². The first-order chi connectivity index (χ1) is 16.0. The molecule has 2 aromatic carbocycles. The molecular formula is C23H19F2NO6S. The van der Waals surface area contributed by atoms with E-state index in [9.17, 15) is 18.4 Å². The molecule has 0 aliphatic carbocycles. The van der Waals surface area contributed by atoms with Gasteiger partial charge in [0.1, 0.15) is 24.5 Å². The Morgan fingerprint density at radius 1 is 1.03 bits per heavy atom. The van der Waals surface area contributed by atoms with E-state index >= 15 is 0 Å². The molecule has 0 atom stereocenters. The van der Waals surface area contributed by atoms with E-state index < -0.39 is 25.1 Å². The van der Waals surface area contributed by atoms with Gasteiger partial charge in [-0.25, -0.2) is 4.79 Å². The lowest BCUT2D eigenvalue weighted by molar-refractivity contribution is -0.121. The molecule has 172 valence electrons. The first-order valence-electron chi connectivity index (χ1n) is 9.94. The van der Waals surface area contributed by atoms with Crippen molar-refractivity contribution < 1.29 is 37.3 Å². The topological polar surface area (TPSA) is 74.3 Å². The third kappa shape index (κ3) is 5.58. The Morgan fingerprint density at radius 3 is 2.58 bits per heavy atom. The van der Waals surface area contributed by atoms with Gasteiger partial charge in [-0.3, -0.25) is 4.79 Å². The number of fused-ring (bicyclic) bond motifs is 1. The van der Waals surface area contributed by atoms with Crippen LogP contribution in [0.2, 0.25) is 0 Å². The quantitative estimate of drug-likeness (QED) is 0.447. The number of thiophene rings is 1. The van der Waals surface area contributed by atoms with Crippen molar-refractivity contribution in [1.29, 1.82) is 0 Å². The van der Waals surface area contributed by atoms with Gasteiger partial charge in [-0.1, -0.05) is 18.2 Å². The van der Waals surface area contributed by atoms with Crippen LogP contribution in [0.5, 0.6) is 17.2 Å². The number of benzene rings is 2. The molecule has 0 bridgehead atoms. The van der Waals surface area contributed by atoms with Crippen LogP contribution in [0.3, 0.4) is 0 Å². The number of anilines is 1. The molecule has 10 heteroatoms. The molecule has 0 saturated heterocycles. The van der Waals surface area contributed by atoms with Gasteiger partial charge in [-0.2, -0.15) is 8.78 Å². The summed E-state index contributed by atoms with van der Waals surface area (Å²) >= 11 is 1.48. The van der Waals surface area contributed by atoms with Gasteiger partial charge in [-0.15, -0.1) is 11.3 Å². The number of alkyl halides is 2. The Bertz CT molecular complexity index is 1120. The highest BCUT2D eigenvalue weighted by molar-refractivity contribution is 7.09. The third-order valence-electron chi connectivity index (χ3n) is 4.68. The largest absolute Gasteiger partial charge is 0.486 e. The number of halogens is 2. The summed E-state index contributed by atoms with van der Waals surface area (Å²) in [6, 6.07) is 14.3. The van der Waals surface area contributed by atoms with E-state index in [4.69, 9.17) is 14.2 Å². The Hall–Kier alpha value is -3.66. The monoisotopic (exact) mass is 475 g/mol. The number of nitrogens with zero attached hydrogens (tertiary/aromatic N) is 1. The Kier molecular flexibility index (Phi) is 7.04. The van der Waals surface area contributed by atoms with Crippen LogP contribution in [0.4, 0.5) is 14.5 Å². The van der Waals surface area contributed by atoms with Crippen molar-refractivity contribution in [3.8, 4) is 17.2 Å². The number of hydrogen-bond donors (Lipinski definition) is 0. The van der Waals surface area contributed by atoms with Gasteiger partial charge in [0.05, 0.1) is 6.54 Å². The second kappa shape index (κ2) is 10.3. The molecule has 33 heavy (non-hydrogen) atoms. The second-order valence-corrected chi connectivity index (χ2v) is 7.87. The van der Waals surface area contributed by atoms with E-state index in [1.54, 1.807) is 18.2 Å². The number of carbonyl (C=O) groups is 2. The van der Waals surface area contributed by atoms with Crippen molar-refractivity contribution in [2.45, 2.75) is 13.2 Å². The summed E-state index contributed by atoms with van der Waals surface area (Å²) in [5, 5.41) is 1.89. The van der Waals surface area contributed by atoms with Gasteiger partial charge >= 0.3 is 12.6 Å². The van der Waals surface area contributed by atoms with E-state index in [1.807, 2.05) is 17.5 Å². The molecule has 1 aliphatic heterocycles. The predicted molar refractivity (Wildman–Crippen MR) is 116 cm³/mol. The summed E-state index contributed by atoms with van der Waals surface area (Å²) < 4.78 is 45.9. The molecule has 0 fully saturated rings. The van der Waals surface area contributed by atoms with Crippen LogP contribution in [0.25, 0.3) is 0 Å². The number of amides is 1. The summed E-state index contributed by atoms with van der Waals surface area (Å²) in [7, 11) is 0. The molecule has 0 unspecified atom stereocenters. The van der Waals surface area contributed by atoms with Gasteiger partial charge in [0.2, 0.25) is 0 Å². The van der Waals surface area contributed by atoms with Crippen LogP contribution < -0.4 is 19.1 Å². The fraction of sp³-hybridized carbons (Fsp3) is 0.217. The maximum absolute atomic E-state index is 13.1. The van der Waals surface area contributed by atoms with Crippen LogP contribution in [0.1, 0.15) is 15.2 Å². The average molecular weight is 475 g/mol. The number of ether oxygens (including phenoxy) is 4. The lowest BCUT2D eigenvalue weighted by Crippen LogP contribution is -2.34. The van der Waals surface area contributed by atoms with Gasteiger partial charge in [0, 0.05) is 16.6 Å². The van der Waals surface area contributed by atoms with Crippen LogP contribution in [-0.2, 0) is 16.1 Å². The molecule has 3 aromatic rings. The molecule has 7 nitrogen and oxygen atoms in total. The van der Waals surface area contributed by atoms with Crippen LogP contribution in [-0.4, -0.2) is 38.3 Å². The highest BCUT2D eigenvalue weighted by Gasteiger charge is 2.23. The zero-order valence-electron chi connectivity index (χ0n) is 17.2. The maximum Gasteiger partial charge on any atom is 0.387 e. The summed E-state index contributed by atoms with van der Waals surface area (Å²) in [6.07, 6.45) is 0. The third-order valence-corrected chi connectivity index (χ3v) is 5.54. The molecule has 1 aromatic heterocycles. The van der Waals surface area contributed by atoms with Gasteiger partial charge in [0.25, 0.3) is 5.91 Å². The van der Waals surface area contributed by atoms with Crippen molar-refractivity contribution >= 4 is 28.9 Å². The number of rotatable bonds is 8. The normalized spacial score (nSPS) is 12.3. The van der Waals surface area contributed by atoms with E-state index in [2.05, 4.69) is 4.74 Å². The first-order valence-corrected chi connectivity index (χ1v) is 10.8. The van der Waals surface area contributed by atoms with E-state index in [1.165, 1.54) is 40.5 Å². The first kappa shape index (κ1) is 22.5. The fourth-order valence-electron chi connectivity index (χ4n) is 3.20. The number of para-hydroxylation sites is 1. The summed E-state index contributed by atoms with van der Waals surface area (Å²) in [5.74, 6) is -0.681. The minimum absolute atomic E-state index is 0.199. The molecule has 1 aliphatic rings. The summed E-state index contributed by atoms with van der Waals surface area (Å²) in [5.41, 5.74) is 0.338. The minimum atomic E-state index is -3.10. The Morgan fingerprint density at radius 2 is 1.82 bits per heavy atom.